The second-order valence-electron chi connectivity index (χ2n) is 7.59. The Morgan fingerprint density at radius 3 is 2.53 bits per heavy atom. The Labute approximate surface area is 179 Å². The smallest absolute Gasteiger partial charge is 0.317 e. The Kier molecular flexibility index (Phi) is 7.44. The second-order valence-corrected chi connectivity index (χ2v) is 7.59. The number of carbonyl (C=O) groups is 1. The van der Waals surface area contributed by atoms with Gasteiger partial charge >= 0.3 is 6.03 Å². The van der Waals surface area contributed by atoms with Gasteiger partial charge in [-0.15, -0.1) is 0 Å². The summed E-state index contributed by atoms with van der Waals surface area (Å²) in [6.45, 7) is 10.6. The lowest BCUT2D eigenvalue weighted by Crippen LogP contribution is -2.52. The summed E-state index contributed by atoms with van der Waals surface area (Å²) in [6, 6.07) is 12.3. The topological polar surface area (TPSA) is 54.0 Å². The summed E-state index contributed by atoms with van der Waals surface area (Å²) in [7, 11) is 1.64. The molecule has 1 aliphatic heterocycles. The SMILES string of the molecule is CCOc1ccc(CCNC(=O)N2CCN(c3cccc(C)c3C)CC2)cc1OC. The third kappa shape index (κ3) is 5.17. The van der Waals surface area contributed by atoms with Crippen LogP contribution in [0, 0.1) is 13.8 Å². The van der Waals surface area contributed by atoms with Gasteiger partial charge < -0.3 is 24.6 Å². The molecule has 2 aromatic rings. The van der Waals surface area contributed by atoms with Crippen molar-refractivity contribution in [3.8, 4) is 11.5 Å². The highest BCUT2D eigenvalue weighted by atomic mass is 16.5. The van der Waals surface area contributed by atoms with Crippen molar-refractivity contribution in [2.24, 2.45) is 0 Å². The lowest BCUT2D eigenvalue weighted by molar-refractivity contribution is 0.194. The zero-order valence-electron chi connectivity index (χ0n) is 18.5. The van der Waals surface area contributed by atoms with E-state index in [2.05, 4.69) is 42.3 Å². The lowest BCUT2D eigenvalue weighted by atomic mass is 10.1. The third-order valence-corrected chi connectivity index (χ3v) is 5.70. The van der Waals surface area contributed by atoms with Gasteiger partial charge in [-0.1, -0.05) is 18.2 Å². The van der Waals surface area contributed by atoms with Crippen LogP contribution in [-0.2, 0) is 6.42 Å². The molecular formula is C24H33N3O3. The Hall–Kier alpha value is -2.89. The highest BCUT2D eigenvalue weighted by molar-refractivity contribution is 5.74. The van der Waals surface area contributed by atoms with Gasteiger partial charge in [0.2, 0.25) is 0 Å². The van der Waals surface area contributed by atoms with Gasteiger partial charge in [0.1, 0.15) is 0 Å². The zero-order chi connectivity index (χ0) is 21.5. The van der Waals surface area contributed by atoms with Gasteiger partial charge in [-0.2, -0.15) is 0 Å². The number of benzene rings is 2. The fourth-order valence-electron chi connectivity index (χ4n) is 3.80. The van der Waals surface area contributed by atoms with Crippen molar-refractivity contribution in [1.29, 1.82) is 0 Å². The lowest BCUT2D eigenvalue weighted by Gasteiger charge is -2.37. The number of amides is 2. The van der Waals surface area contributed by atoms with E-state index in [1.165, 1.54) is 16.8 Å². The van der Waals surface area contributed by atoms with Crippen molar-refractivity contribution in [2.45, 2.75) is 27.2 Å². The molecule has 6 nitrogen and oxygen atoms in total. The normalized spacial score (nSPS) is 13.9. The van der Waals surface area contributed by atoms with Crippen molar-refractivity contribution in [2.75, 3.05) is 51.3 Å². The minimum atomic E-state index is 0.00788. The standard InChI is InChI=1S/C24H33N3O3/c1-5-30-22-10-9-20(17-23(22)29-4)11-12-25-24(28)27-15-13-26(14-16-27)21-8-6-7-18(2)19(21)3/h6-10,17H,5,11-16H2,1-4H3,(H,25,28). The van der Waals surface area contributed by atoms with Crippen LogP contribution in [0.4, 0.5) is 10.5 Å². The Morgan fingerprint density at radius 2 is 1.83 bits per heavy atom. The first-order chi connectivity index (χ1) is 14.5. The van der Waals surface area contributed by atoms with Crippen LogP contribution in [-0.4, -0.2) is 57.4 Å². The summed E-state index contributed by atoms with van der Waals surface area (Å²) in [5.41, 5.74) is 5.01. The molecular weight excluding hydrogens is 378 g/mol. The number of aryl methyl sites for hydroxylation is 1. The molecule has 0 spiro atoms. The van der Waals surface area contributed by atoms with Crippen molar-refractivity contribution < 1.29 is 14.3 Å². The predicted octanol–water partition coefficient (Wildman–Crippen LogP) is 3.79. The maximum atomic E-state index is 12.6. The molecule has 162 valence electrons. The van der Waals surface area contributed by atoms with Crippen LogP contribution < -0.4 is 19.7 Å². The second kappa shape index (κ2) is 10.2. The highest BCUT2D eigenvalue weighted by Crippen LogP contribution is 2.28. The molecule has 0 atom stereocenters. The van der Waals surface area contributed by atoms with Crippen molar-refractivity contribution in [1.82, 2.24) is 10.2 Å². The molecule has 30 heavy (non-hydrogen) atoms. The van der Waals surface area contributed by atoms with Gasteiger partial charge in [0, 0.05) is 38.4 Å². The van der Waals surface area contributed by atoms with E-state index >= 15 is 0 Å². The number of urea groups is 1. The van der Waals surface area contributed by atoms with E-state index in [1.807, 2.05) is 30.0 Å². The fourth-order valence-corrected chi connectivity index (χ4v) is 3.80. The molecule has 0 bridgehead atoms. The first kappa shape index (κ1) is 21.8. The summed E-state index contributed by atoms with van der Waals surface area (Å²) < 4.78 is 11.0. The van der Waals surface area contributed by atoms with E-state index in [1.54, 1.807) is 7.11 Å². The maximum absolute atomic E-state index is 12.6. The van der Waals surface area contributed by atoms with E-state index in [4.69, 9.17) is 9.47 Å². The average Bonchev–Trinajstić information content (AvgIpc) is 2.77. The molecule has 1 heterocycles. The molecule has 0 unspecified atom stereocenters. The number of nitrogens with zero attached hydrogens (tertiary/aromatic N) is 2. The van der Waals surface area contributed by atoms with Gasteiger partial charge in [0.05, 0.1) is 13.7 Å². The van der Waals surface area contributed by atoms with E-state index < -0.39 is 0 Å². The van der Waals surface area contributed by atoms with Gasteiger partial charge in [-0.3, -0.25) is 0 Å². The minimum absolute atomic E-state index is 0.00788. The van der Waals surface area contributed by atoms with Crippen LogP contribution in [0.2, 0.25) is 0 Å². The van der Waals surface area contributed by atoms with Crippen molar-refractivity contribution >= 4 is 11.7 Å². The van der Waals surface area contributed by atoms with Crippen molar-refractivity contribution in [3.05, 3.63) is 53.1 Å². The Balaban J connectivity index is 1.47. The molecule has 0 saturated carbocycles. The van der Waals surface area contributed by atoms with E-state index in [0.717, 1.165) is 49.7 Å². The summed E-state index contributed by atoms with van der Waals surface area (Å²) in [5.74, 6) is 1.47. The number of ether oxygens (including phenoxy) is 2. The third-order valence-electron chi connectivity index (χ3n) is 5.70. The van der Waals surface area contributed by atoms with Gasteiger partial charge in [0.25, 0.3) is 0 Å². The number of piperazine rings is 1. The molecule has 1 saturated heterocycles. The molecule has 1 N–H and O–H groups in total. The Bertz CT molecular complexity index is 861. The number of rotatable bonds is 7. The molecule has 0 aromatic heterocycles. The van der Waals surface area contributed by atoms with Crippen LogP contribution >= 0.6 is 0 Å². The van der Waals surface area contributed by atoms with Gasteiger partial charge in [-0.05, 0) is 62.1 Å². The number of methoxy groups -OCH3 is 1. The quantitative estimate of drug-likeness (QED) is 0.753. The van der Waals surface area contributed by atoms with Crippen molar-refractivity contribution in [3.63, 3.8) is 0 Å². The predicted molar refractivity (Wildman–Crippen MR) is 121 cm³/mol. The number of hydrogen-bond acceptors (Lipinski definition) is 4. The number of carbonyl (C=O) groups excluding carboxylic acids is 1. The molecule has 0 aliphatic carbocycles. The van der Waals surface area contributed by atoms with E-state index in [-0.39, 0.29) is 6.03 Å². The monoisotopic (exact) mass is 411 g/mol. The Morgan fingerprint density at radius 1 is 1.07 bits per heavy atom. The van der Waals surface area contributed by atoms with Crippen LogP contribution in [0.3, 0.4) is 0 Å². The maximum Gasteiger partial charge on any atom is 0.317 e. The van der Waals surface area contributed by atoms with Crippen LogP contribution in [0.15, 0.2) is 36.4 Å². The molecule has 2 amide bonds. The van der Waals surface area contributed by atoms with E-state index in [9.17, 15) is 4.79 Å². The summed E-state index contributed by atoms with van der Waals surface area (Å²) >= 11 is 0. The molecule has 1 aliphatic rings. The minimum Gasteiger partial charge on any atom is -0.493 e. The van der Waals surface area contributed by atoms with Gasteiger partial charge in [-0.25, -0.2) is 4.79 Å². The molecule has 1 fully saturated rings. The van der Waals surface area contributed by atoms with Crippen LogP contribution in [0.5, 0.6) is 11.5 Å². The number of nitrogens with one attached hydrogen (secondary N) is 1. The first-order valence-corrected chi connectivity index (χ1v) is 10.7. The largest absolute Gasteiger partial charge is 0.493 e. The highest BCUT2D eigenvalue weighted by Gasteiger charge is 2.22. The van der Waals surface area contributed by atoms with Gasteiger partial charge in [0.15, 0.2) is 11.5 Å². The summed E-state index contributed by atoms with van der Waals surface area (Å²) in [5, 5.41) is 3.05. The van der Waals surface area contributed by atoms with Crippen LogP contribution in [0.1, 0.15) is 23.6 Å². The first-order valence-electron chi connectivity index (χ1n) is 10.7. The average molecular weight is 412 g/mol. The number of hydrogen-bond donors (Lipinski definition) is 1. The van der Waals surface area contributed by atoms with E-state index in [0.29, 0.717) is 13.2 Å². The molecule has 2 aromatic carbocycles. The summed E-state index contributed by atoms with van der Waals surface area (Å²) in [4.78, 5) is 16.8. The number of anilines is 1. The zero-order valence-corrected chi connectivity index (χ0v) is 18.5. The molecule has 3 rings (SSSR count). The molecule has 0 radical (unpaired) electrons. The van der Waals surface area contributed by atoms with Crippen LogP contribution in [0.25, 0.3) is 0 Å². The fraction of sp³-hybridized carbons (Fsp3) is 0.458. The summed E-state index contributed by atoms with van der Waals surface area (Å²) in [6.07, 6.45) is 0.747. The molecule has 6 heteroatoms.